The van der Waals surface area contributed by atoms with Crippen molar-refractivity contribution in [3.8, 4) is 5.75 Å². The fraction of sp³-hybridized carbons (Fsp3) is 0.455. The van der Waals surface area contributed by atoms with E-state index in [1.54, 1.807) is 13.8 Å². The molecule has 0 spiro atoms. The lowest BCUT2D eigenvalue weighted by Crippen LogP contribution is -2.26. The Bertz CT molecular complexity index is 406. The SMILES string of the molecule is CC(O)C(C)Oc1ccc([N+](=O)[O-])cc1CN. The van der Waals surface area contributed by atoms with Gasteiger partial charge < -0.3 is 15.6 Å². The van der Waals surface area contributed by atoms with Gasteiger partial charge in [-0.1, -0.05) is 0 Å². The van der Waals surface area contributed by atoms with Crippen LogP contribution in [0.5, 0.6) is 5.75 Å². The Labute approximate surface area is 99.2 Å². The van der Waals surface area contributed by atoms with Crippen molar-refractivity contribution in [2.75, 3.05) is 0 Å². The molecule has 0 heterocycles. The molecule has 6 heteroatoms. The van der Waals surface area contributed by atoms with E-state index in [-0.39, 0.29) is 12.2 Å². The van der Waals surface area contributed by atoms with Gasteiger partial charge in [0.05, 0.1) is 11.0 Å². The zero-order valence-electron chi connectivity index (χ0n) is 9.79. The van der Waals surface area contributed by atoms with Crippen LogP contribution in [0.1, 0.15) is 19.4 Å². The molecule has 0 fully saturated rings. The lowest BCUT2D eigenvalue weighted by Gasteiger charge is -2.19. The summed E-state index contributed by atoms with van der Waals surface area (Å²) in [5.74, 6) is 0.464. The molecule has 0 bridgehead atoms. The quantitative estimate of drug-likeness (QED) is 0.595. The topological polar surface area (TPSA) is 98.6 Å². The first-order chi connectivity index (χ1) is 7.95. The van der Waals surface area contributed by atoms with Crippen molar-refractivity contribution in [2.24, 2.45) is 5.73 Å². The minimum absolute atomic E-state index is 0.0255. The number of benzene rings is 1. The van der Waals surface area contributed by atoms with E-state index in [0.29, 0.717) is 11.3 Å². The number of ether oxygens (including phenoxy) is 1. The first-order valence-electron chi connectivity index (χ1n) is 5.27. The zero-order valence-corrected chi connectivity index (χ0v) is 9.79. The summed E-state index contributed by atoms with van der Waals surface area (Å²) in [7, 11) is 0. The zero-order chi connectivity index (χ0) is 13.0. The van der Waals surface area contributed by atoms with Crippen LogP contribution in [0.3, 0.4) is 0 Å². The highest BCUT2D eigenvalue weighted by Crippen LogP contribution is 2.25. The van der Waals surface area contributed by atoms with Crippen molar-refractivity contribution < 1.29 is 14.8 Å². The number of nitrogens with two attached hydrogens (primary N) is 1. The summed E-state index contributed by atoms with van der Waals surface area (Å²) >= 11 is 0. The number of aliphatic hydroxyl groups excluding tert-OH is 1. The highest BCUT2D eigenvalue weighted by Gasteiger charge is 2.15. The summed E-state index contributed by atoms with van der Waals surface area (Å²) in [6.45, 7) is 3.47. The third-order valence-corrected chi connectivity index (χ3v) is 2.47. The van der Waals surface area contributed by atoms with E-state index >= 15 is 0 Å². The molecule has 17 heavy (non-hydrogen) atoms. The van der Waals surface area contributed by atoms with E-state index in [0.717, 1.165) is 0 Å². The predicted molar refractivity (Wildman–Crippen MR) is 62.8 cm³/mol. The number of aliphatic hydroxyl groups is 1. The van der Waals surface area contributed by atoms with Crippen LogP contribution in [0.4, 0.5) is 5.69 Å². The molecule has 0 saturated carbocycles. The molecule has 0 aliphatic heterocycles. The molecule has 94 valence electrons. The number of nitrogens with zero attached hydrogens (tertiary/aromatic N) is 1. The van der Waals surface area contributed by atoms with Crippen LogP contribution in [-0.2, 0) is 6.54 Å². The second-order valence-corrected chi connectivity index (χ2v) is 3.82. The summed E-state index contributed by atoms with van der Waals surface area (Å²) in [6.07, 6.45) is -1.03. The monoisotopic (exact) mass is 240 g/mol. The second kappa shape index (κ2) is 5.60. The molecule has 1 aromatic rings. The smallest absolute Gasteiger partial charge is 0.270 e. The molecule has 0 radical (unpaired) electrons. The standard InChI is InChI=1S/C11H16N2O4/c1-7(14)8(2)17-11-4-3-10(13(15)16)5-9(11)6-12/h3-5,7-8,14H,6,12H2,1-2H3. The van der Waals surface area contributed by atoms with E-state index in [1.807, 2.05) is 0 Å². The number of hydrogen-bond donors (Lipinski definition) is 2. The van der Waals surface area contributed by atoms with Crippen LogP contribution in [0.2, 0.25) is 0 Å². The Morgan fingerprint density at radius 2 is 2.18 bits per heavy atom. The maximum Gasteiger partial charge on any atom is 0.270 e. The van der Waals surface area contributed by atoms with E-state index in [9.17, 15) is 15.2 Å². The summed E-state index contributed by atoms with van der Waals surface area (Å²) in [5.41, 5.74) is 6.03. The Balaban J connectivity index is 2.96. The maximum atomic E-state index is 10.6. The van der Waals surface area contributed by atoms with Crippen molar-refractivity contribution in [2.45, 2.75) is 32.6 Å². The molecule has 0 amide bonds. The first-order valence-corrected chi connectivity index (χ1v) is 5.27. The van der Waals surface area contributed by atoms with Gasteiger partial charge in [0.1, 0.15) is 11.9 Å². The van der Waals surface area contributed by atoms with Crippen molar-refractivity contribution >= 4 is 5.69 Å². The fourth-order valence-corrected chi connectivity index (χ4v) is 1.25. The Kier molecular flexibility index (Phi) is 4.42. The van der Waals surface area contributed by atoms with Gasteiger partial charge in [0.15, 0.2) is 0 Å². The minimum Gasteiger partial charge on any atom is -0.488 e. The molecule has 0 saturated heterocycles. The van der Waals surface area contributed by atoms with Gasteiger partial charge in [-0.3, -0.25) is 10.1 Å². The number of non-ortho nitro benzene ring substituents is 1. The lowest BCUT2D eigenvalue weighted by atomic mass is 10.1. The molecular formula is C11H16N2O4. The van der Waals surface area contributed by atoms with Crippen molar-refractivity contribution in [1.29, 1.82) is 0 Å². The van der Waals surface area contributed by atoms with E-state index in [1.165, 1.54) is 18.2 Å². The Morgan fingerprint density at radius 1 is 1.53 bits per heavy atom. The average Bonchev–Trinajstić information content (AvgIpc) is 2.28. The maximum absolute atomic E-state index is 10.6. The van der Waals surface area contributed by atoms with Gasteiger partial charge in [-0.2, -0.15) is 0 Å². The minimum atomic E-state index is -0.629. The Hall–Kier alpha value is -1.66. The van der Waals surface area contributed by atoms with Crippen molar-refractivity contribution in [3.05, 3.63) is 33.9 Å². The number of nitro benzene ring substituents is 1. The predicted octanol–water partition coefficient (Wildman–Crippen LogP) is 1.20. The molecule has 1 rings (SSSR count). The van der Waals surface area contributed by atoms with Gasteiger partial charge >= 0.3 is 0 Å². The summed E-state index contributed by atoms with van der Waals surface area (Å²) < 4.78 is 5.48. The second-order valence-electron chi connectivity index (χ2n) is 3.82. The van der Waals surface area contributed by atoms with Gasteiger partial charge in [-0.15, -0.1) is 0 Å². The molecular weight excluding hydrogens is 224 g/mol. The third-order valence-electron chi connectivity index (χ3n) is 2.47. The lowest BCUT2D eigenvalue weighted by molar-refractivity contribution is -0.384. The number of rotatable bonds is 5. The Morgan fingerprint density at radius 3 is 2.65 bits per heavy atom. The van der Waals surface area contributed by atoms with Gasteiger partial charge in [0.2, 0.25) is 0 Å². The van der Waals surface area contributed by atoms with Crippen LogP contribution in [0.25, 0.3) is 0 Å². The van der Waals surface area contributed by atoms with Gasteiger partial charge in [0, 0.05) is 24.2 Å². The molecule has 3 N–H and O–H groups in total. The third kappa shape index (κ3) is 3.40. The van der Waals surface area contributed by atoms with Crippen molar-refractivity contribution in [1.82, 2.24) is 0 Å². The van der Waals surface area contributed by atoms with E-state index in [4.69, 9.17) is 10.5 Å². The summed E-state index contributed by atoms with van der Waals surface area (Å²) in [6, 6.07) is 4.23. The van der Waals surface area contributed by atoms with E-state index < -0.39 is 17.1 Å². The molecule has 6 nitrogen and oxygen atoms in total. The molecule has 2 unspecified atom stereocenters. The fourth-order valence-electron chi connectivity index (χ4n) is 1.25. The highest BCUT2D eigenvalue weighted by atomic mass is 16.6. The number of hydrogen-bond acceptors (Lipinski definition) is 5. The largest absolute Gasteiger partial charge is 0.488 e. The first kappa shape index (κ1) is 13.4. The summed E-state index contributed by atoms with van der Waals surface area (Å²) in [5, 5.41) is 19.9. The number of nitro groups is 1. The highest BCUT2D eigenvalue weighted by molar-refractivity contribution is 5.43. The molecule has 0 aliphatic carbocycles. The molecule has 0 aromatic heterocycles. The van der Waals surface area contributed by atoms with Crippen LogP contribution in [0.15, 0.2) is 18.2 Å². The van der Waals surface area contributed by atoms with Crippen LogP contribution in [0, 0.1) is 10.1 Å². The van der Waals surface area contributed by atoms with Gasteiger partial charge in [-0.25, -0.2) is 0 Å². The molecule has 0 aliphatic rings. The van der Waals surface area contributed by atoms with Gasteiger partial charge in [-0.05, 0) is 19.9 Å². The van der Waals surface area contributed by atoms with Crippen LogP contribution < -0.4 is 10.5 Å². The molecule has 2 atom stereocenters. The molecule has 1 aromatic carbocycles. The van der Waals surface area contributed by atoms with E-state index in [2.05, 4.69) is 0 Å². The van der Waals surface area contributed by atoms with Gasteiger partial charge in [0.25, 0.3) is 5.69 Å². The van der Waals surface area contributed by atoms with Crippen LogP contribution in [-0.4, -0.2) is 22.2 Å². The summed E-state index contributed by atoms with van der Waals surface area (Å²) in [4.78, 5) is 10.1. The van der Waals surface area contributed by atoms with Crippen LogP contribution >= 0.6 is 0 Å². The normalized spacial score (nSPS) is 14.1. The van der Waals surface area contributed by atoms with Crippen molar-refractivity contribution in [3.63, 3.8) is 0 Å². The average molecular weight is 240 g/mol.